The number of esters is 4. The van der Waals surface area contributed by atoms with Crippen LogP contribution in [0.25, 0.3) is 0 Å². The van der Waals surface area contributed by atoms with Crippen molar-refractivity contribution >= 4 is 29.7 Å². The SMILES string of the molecule is CC(=O)OC[C@H]1O[C@@H](Oc2ccc(C(=O)Cc3ccc(F)cc3)c(O)c2)[C@@H](OC(C)=O)[C@@H](OC(C)=O)[C@H]1OC(C)=O. The maximum atomic E-state index is 13.2. The minimum Gasteiger partial charge on any atom is -0.507 e. The third-order valence-corrected chi connectivity index (χ3v) is 5.75. The number of aromatic hydroxyl groups is 1. The molecule has 0 bridgehead atoms. The van der Waals surface area contributed by atoms with Gasteiger partial charge in [0.15, 0.2) is 18.0 Å². The summed E-state index contributed by atoms with van der Waals surface area (Å²) in [6, 6.07) is 9.08. The van der Waals surface area contributed by atoms with Crippen molar-refractivity contribution in [1.29, 1.82) is 0 Å². The number of benzene rings is 2. The Morgan fingerprint density at radius 2 is 1.39 bits per heavy atom. The Kier molecular flexibility index (Phi) is 10.4. The first-order valence-electron chi connectivity index (χ1n) is 12.4. The van der Waals surface area contributed by atoms with Crippen LogP contribution in [0.1, 0.15) is 43.6 Å². The number of ketones is 1. The van der Waals surface area contributed by atoms with Crippen LogP contribution >= 0.6 is 0 Å². The lowest BCUT2D eigenvalue weighted by atomic mass is 9.98. The Morgan fingerprint density at radius 1 is 0.805 bits per heavy atom. The number of Topliss-reactive ketones (excluding diaryl/α,β-unsaturated/α-hetero) is 1. The molecule has 2 aromatic rings. The molecule has 3 rings (SSSR count). The molecule has 5 atom stereocenters. The molecule has 0 spiro atoms. The van der Waals surface area contributed by atoms with Crippen LogP contribution in [0.15, 0.2) is 42.5 Å². The molecule has 0 aliphatic carbocycles. The number of phenols is 1. The maximum absolute atomic E-state index is 13.2. The highest BCUT2D eigenvalue weighted by Crippen LogP contribution is 2.33. The van der Waals surface area contributed by atoms with E-state index in [-0.39, 0.29) is 17.7 Å². The van der Waals surface area contributed by atoms with Crippen LogP contribution in [-0.2, 0) is 49.3 Å². The third kappa shape index (κ3) is 8.73. The zero-order valence-corrected chi connectivity index (χ0v) is 22.7. The molecule has 12 nitrogen and oxygen atoms in total. The smallest absolute Gasteiger partial charge is 0.303 e. The van der Waals surface area contributed by atoms with Gasteiger partial charge in [-0.3, -0.25) is 24.0 Å². The van der Waals surface area contributed by atoms with Crippen molar-refractivity contribution in [3.8, 4) is 11.5 Å². The topological polar surface area (TPSA) is 161 Å². The average Bonchev–Trinajstić information content (AvgIpc) is 2.87. The molecule has 1 heterocycles. The highest BCUT2D eigenvalue weighted by Gasteiger charge is 2.53. The van der Waals surface area contributed by atoms with Crippen LogP contribution in [0.5, 0.6) is 11.5 Å². The van der Waals surface area contributed by atoms with Crippen LogP contribution in [0.3, 0.4) is 0 Å². The second kappa shape index (κ2) is 13.7. The van der Waals surface area contributed by atoms with E-state index in [2.05, 4.69) is 0 Å². The van der Waals surface area contributed by atoms with E-state index in [1.54, 1.807) is 0 Å². The van der Waals surface area contributed by atoms with Gasteiger partial charge in [-0.25, -0.2) is 4.39 Å². The zero-order chi connectivity index (χ0) is 30.3. The van der Waals surface area contributed by atoms with E-state index in [0.29, 0.717) is 5.56 Å². The predicted molar refractivity (Wildman–Crippen MR) is 135 cm³/mol. The highest BCUT2D eigenvalue weighted by molar-refractivity contribution is 6.00. The normalized spacial score (nSPS) is 21.7. The van der Waals surface area contributed by atoms with Crippen LogP contribution < -0.4 is 4.74 Å². The van der Waals surface area contributed by atoms with Gasteiger partial charge in [-0.2, -0.15) is 0 Å². The molecule has 1 N–H and O–H groups in total. The fraction of sp³-hybridized carbons (Fsp3) is 0.393. The summed E-state index contributed by atoms with van der Waals surface area (Å²) >= 11 is 0. The van der Waals surface area contributed by atoms with Gasteiger partial charge in [-0.05, 0) is 29.8 Å². The summed E-state index contributed by atoms with van der Waals surface area (Å²) in [5, 5.41) is 10.6. The third-order valence-electron chi connectivity index (χ3n) is 5.75. The molecule has 41 heavy (non-hydrogen) atoms. The van der Waals surface area contributed by atoms with Crippen molar-refractivity contribution in [3.63, 3.8) is 0 Å². The van der Waals surface area contributed by atoms with Gasteiger partial charge in [0.25, 0.3) is 0 Å². The number of phenolic OH excluding ortho intramolecular Hbond substituents is 1. The summed E-state index contributed by atoms with van der Waals surface area (Å²) in [7, 11) is 0. The van der Waals surface area contributed by atoms with E-state index in [4.69, 9.17) is 28.4 Å². The standard InChI is InChI=1S/C28H29FO12/c1-14(30)36-13-24-25(37-15(2)31)26(38-16(3)32)27(39-17(4)33)28(41-24)40-20-9-10-21(23(35)12-20)22(34)11-18-5-7-19(29)8-6-18/h5-10,12,24-28,35H,11,13H2,1-4H3/t24-,25+,26+,27+,28-/m1/s1. The molecule has 13 heteroatoms. The first-order chi connectivity index (χ1) is 19.3. The Labute approximate surface area is 234 Å². The van der Waals surface area contributed by atoms with Crippen molar-refractivity contribution in [1.82, 2.24) is 0 Å². The number of carbonyl (C=O) groups is 5. The Bertz CT molecular complexity index is 1290. The van der Waals surface area contributed by atoms with Crippen molar-refractivity contribution in [2.45, 2.75) is 64.8 Å². The van der Waals surface area contributed by atoms with E-state index in [0.717, 1.165) is 33.8 Å². The first-order valence-corrected chi connectivity index (χ1v) is 12.4. The number of carbonyl (C=O) groups excluding carboxylic acids is 5. The van der Waals surface area contributed by atoms with Gasteiger partial charge < -0.3 is 33.5 Å². The van der Waals surface area contributed by atoms with Crippen LogP contribution in [0, 0.1) is 5.82 Å². The van der Waals surface area contributed by atoms with Crippen molar-refractivity contribution in [2.75, 3.05) is 6.61 Å². The number of halogens is 1. The van der Waals surface area contributed by atoms with Gasteiger partial charge in [-0.15, -0.1) is 0 Å². The second-order valence-electron chi connectivity index (χ2n) is 9.09. The molecule has 0 radical (unpaired) electrons. The molecule has 220 valence electrons. The molecule has 0 aromatic heterocycles. The van der Waals surface area contributed by atoms with Crippen molar-refractivity contribution < 1.29 is 61.9 Å². The average molecular weight is 577 g/mol. The minimum atomic E-state index is -1.52. The van der Waals surface area contributed by atoms with Gasteiger partial charge in [0.2, 0.25) is 12.4 Å². The quantitative estimate of drug-likeness (QED) is 0.250. The van der Waals surface area contributed by atoms with E-state index in [9.17, 15) is 33.5 Å². The Balaban J connectivity index is 1.90. The fourth-order valence-electron chi connectivity index (χ4n) is 4.12. The summed E-state index contributed by atoms with van der Waals surface area (Å²) in [5.74, 6) is -4.46. The second-order valence-corrected chi connectivity index (χ2v) is 9.09. The molecule has 0 amide bonds. The van der Waals surface area contributed by atoms with E-state index >= 15 is 0 Å². The van der Waals surface area contributed by atoms with Gasteiger partial charge in [0.05, 0.1) is 5.56 Å². The first kappa shape index (κ1) is 31.0. The van der Waals surface area contributed by atoms with Gasteiger partial charge in [-0.1, -0.05) is 12.1 Å². The summed E-state index contributed by atoms with van der Waals surface area (Å²) < 4.78 is 45.9. The molecule has 1 fully saturated rings. The molecule has 0 saturated carbocycles. The van der Waals surface area contributed by atoms with Gasteiger partial charge in [0, 0.05) is 40.2 Å². The van der Waals surface area contributed by atoms with Crippen molar-refractivity contribution in [2.24, 2.45) is 0 Å². The van der Waals surface area contributed by atoms with E-state index in [1.165, 1.54) is 36.4 Å². The summed E-state index contributed by atoms with van der Waals surface area (Å²) in [4.78, 5) is 60.0. The summed E-state index contributed by atoms with van der Waals surface area (Å²) in [6.45, 7) is 3.96. The van der Waals surface area contributed by atoms with Crippen LogP contribution in [-0.4, -0.2) is 72.1 Å². The fourth-order valence-corrected chi connectivity index (χ4v) is 4.12. The Hall–Kier alpha value is -4.52. The molecule has 1 saturated heterocycles. The van der Waals surface area contributed by atoms with Crippen LogP contribution in [0.4, 0.5) is 4.39 Å². The number of hydrogen-bond acceptors (Lipinski definition) is 12. The van der Waals surface area contributed by atoms with E-state index in [1.807, 2.05) is 0 Å². The lowest BCUT2D eigenvalue weighted by molar-refractivity contribution is -0.288. The Morgan fingerprint density at radius 3 is 1.95 bits per heavy atom. The molecule has 2 aromatic carbocycles. The lowest BCUT2D eigenvalue weighted by Crippen LogP contribution is -2.63. The molecular weight excluding hydrogens is 547 g/mol. The van der Waals surface area contributed by atoms with Gasteiger partial charge in [0.1, 0.15) is 30.0 Å². The number of hydrogen-bond donors (Lipinski definition) is 1. The largest absolute Gasteiger partial charge is 0.507 e. The molecule has 0 unspecified atom stereocenters. The molecular formula is C28H29FO12. The summed E-state index contributed by atoms with van der Waals surface area (Å²) in [6.07, 6.45) is -7.13. The summed E-state index contributed by atoms with van der Waals surface area (Å²) in [5.41, 5.74) is 0.497. The molecule has 1 aliphatic rings. The van der Waals surface area contributed by atoms with Gasteiger partial charge >= 0.3 is 23.9 Å². The highest BCUT2D eigenvalue weighted by atomic mass is 19.1. The minimum absolute atomic E-state index is 0.0387. The zero-order valence-electron chi connectivity index (χ0n) is 22.7. The number of rotatable bonds is 10. The monoisotopic (exact) mass is 576 g/mol. The molecule has 1 aliphatic heterocycles. The van der Waals surface area contributed by atoms with Crippen LogP contribution in [0.2, 0.25) is 0 Å². The maximum Gasteiger partial charge on any atom is 0.303 e. The number of ether oxygens (including phenoxy) is 6. The predicted octanol–water partition coefficient (Wildman–Crippen LogP) is 2.42. The van der Waals surface area contributed by atoms with Crippen molar-refractivity contribution in [3.05, 3.63) is 59.4 Å². The lowest BCUT2D eigenvalue weighted by Gasteiger charge is -2.43. The van der Waals surface area contributed by atoms with E-state index < -0.39 is 78.5 Å².